The quantitative estimate of drug-likeness (QED) is 0.503. The molecule has 4 nitrogen and oxygen atoms in total. The summed E-state index contributed by atoms with van der Waals surface area (Å²) in [6.45, 7) is 2.03. The highest BCUT2D eigenvalue weighted by atomic mass is 32.1. The number of nitrogens with zero attached hydrogens (tertiary/aromatic N) is 2. The predicted octanol–water partition coefficient (Wildman–Crippen LogP) is 4.66. The Balaban J connectivity index is 1.42. The van der Waals surface area contributed by atoms with Crippen LogP contribution in [-0.4, -0.2) is 21.1 Å². The van der Waals surface area contributed by atoms with Crippen LogP contribution in [0.5, 0.6) is 0 Å². The second-order valence-corrected chi connectivity index (χ2v) is 8.23. The monoisotopic (exact) mass is 389 g/mol. The fourth-order valence-electron chi connectivity index (χ4n) is 3.25. The molecule has 0 spiro atoms. The Bertz CT molecular complexity index is 1070. The van der Waals surface area contributed by atoms with Crippen LogP contribution in [0.3, 0.4) is 0 Å². The van der Waals surface area contributed by atoms with Gasteiger partial charge in [0.1, 0.15) is 0 Å². The molecule has 0 amide bonds. The minimum absolute atomic E-state index is 0.316. The topological polar surface area (TPSA) is 72.0 Å². The molecule has 0 unspecified atom stereocenters. The third kappa shape index (κ3) is 4.12. The van der Waals surface area contributed by atoms with Gasteiger partial charge in [0.2, 0.25) is 0 Å². The molecule has 142 valence electrons. The van der Waals surface area contributed by atoms with Gasteiger partial charge in [-0.25, -0.2) is 4.98 Å². The molecular weight excluding hydrogens is 366 g/mol. The Morgan fingerprint density at radius 3 is 2.68 bits per heavy atom. The van der Waals surface area contributed by atoms with Crippen LogP contribution in [0.2, 0.25) is 0 Å². The van der Waals surface area contributed by atoms with Gasteiger partial charge in [0.25, 0.3) is 0 Å². The van der Waals surface area contributed by atoms with E-state index >= 15 is 0 Å². The summed E-state index contributed by atoms with van der Waals surface area (Å²) >= 11 is 1.68. The van der Waals surface area contributed by atoms with Crippen molar-refractivity contribution in [1.29, 1.82) is 0 Å². The molecule has 0 aliphatic rings. The van der Waals surface area contributed by atoms with Crippen LogP contribution in [0.4, 0.5) is 0 Å². The molecule has 0 bridgehead atoms. The van der Waals surface area contributed by atoms with E-state index in [2.05, 4.69) is 28.2 Å². The molecule has 0 fully saturated rings. The lowest BCUT2D eigenvalue weighted by Crippen LogP contribution is -2.28. The molecule has 0 aliphatic carbocycles. The number of aliphatic hydroxyl groups excluding tert-OH is 1. The molecule has 5 heteroatoms. The molecule has 0 radical (unpaired) electrons. The molecule has 28 heavy (non-hydrogen) atoms. The predicted molar refractivity (Wildman–Crippen MR) is 115 cm³/mol. The van der Waals surface area contributed by atoms with Gasteiger partial charge in [0.05, 0.1) is 16.0 Å². The zero-order valence-corrected chi connectivity index (χ0v) is 16.6. The van der Waals surface area contributed by atoms with Crippen LogP contribution < -0.4 is 5.73 Å². The maximum Gasteiger partial charge on any atom is 0.0940 e. The van der Waals surface area contributed by atoms with E-state index in [0.29, 0.717) is 6.42 Å². The summed E-state index contributed by atoms with van der Waals surface area (Å²) in [6, 6.07) is 15.9. The van der Waals surface area contributed by atoms with E-state index in [4.69, 9.17) is 5.73 Å². The third-order valence-electron chi connectivity index (χ3n) is 4.99. The smallest absolute Gasteiger partial charge is 0.0940 e. The molecular formula is C23H23N3OS. The summed E-state index contributed by atoms with van der Waals surface area (Å²) < 4.78 is 0. The number of benzene rings is 2. The van der Waals surface area contributed by atoms with Gasteiger partial charge in [-0.15, -0.1) is 11.3 Å². The van der Waals surface area contributed by atoms with E-state index in [1.54, 1.807) is 11.3 Å². The summed E-state index contributed by atoms with van der Waals surface area (Å²) in [7, 11) is 0. The van der Waals surface area contributed by atoms with Crippen molar-refractivity contribution in [3.63, 3.8) is 0 Å². The second kappa shape index (κ2) is 8.19. The van der Waals surface area contributed by atoms with E-state index in [0.717, 1.165) is 32.8 Å². The number of hydrogen-bond donors (Lipinski definition) is 2. The van der Waals surface area contributed by atoms with Crippen LogP contribution in [0.15, 0.2) is 67.1 Å². The van der Waals surface area contributed by atoms with Crippen LogP contribution in [0, 0.1) is 6.92 Å². The standard InChI is InChI=1S/C23H23N3OS/c1-15-2-4-16(5-3-15)23(27)20(24)8-9-22-26-14-21(28-22)18-6-7-19-13-25-11-10-17(19)12-18/h2-7,10-14,20,23,27H,8-9,24H2,1H3/t20-,23+/m1/s1. The van der Waals surface area contributed by atoms with Crippen molar-refractivity contribution in [2.75, 3.05) is 0 Å². The number of hydrogen-bond acceptors (Lipinski definition) is 5. The first-order valence-corrected chi connectivity index (χ1v) is 10.2. The SMILES string of the molecule is Cc1ccc([C@H](O)[C@H](N)CCc2ncc(-c3ccc4cnccc4c3)s2)cc1. The van der Waals surface area contributed by atoms with Crippen LogP contribution >= 0.6 is 11.3 Å². The van der Waals surface area contributed by atoms with Gasteiger partial charge in [-0.1, -0.05) is 42.0 Å². The Kier molecular flexibility index (Phi) is 5.48. The number of pyridine rings is 1. The number of thiazole rings is 1. The fourth-order valence-corrected chi connectivity index (χ4v) is 4.18. The molecule has 2 heterocycles. The minimum atomic E-state index is -0.658. The van der Waals surface area contributed by atoms with Crippen molar-refractivity contribution < 1.29 is 5.11 Å². The highest BCUT2D eigenvalue weighted by molar-refractivity contribution is 7.15. The molecule has 4 aromatic rings. The third-order valence-corrected chi connectivity index (χ3v) is 6.10. The van der Waals surface area contributed by atoms with Crippen molar-refractivity contribution in [2.24, 2.45) is 5.73 Å². The largest absolute Gasteiger partial charge is 0.387 e. The average Bonchev–Trinajstić information content (AvgIpc) is 3.21. The Morgan fingerprint density at radius 2 is 1.86 bits per heavy atom. The van der Waals surface area contributed by atoms with Gasteiger partial charge >= 0.3 is 0 Å². The van der Waals surface area contributed by atoms with E-state index in [1.807, 2.05) is 55.8 Å². The molecule has 2 aromatic carbocycles. The number of aromatic nitrogens is 2. The zero-order valence-electron chi connectivity index (χ0n) is 15.7. The average molecular weight is 390 g/mol. The second-order valence-electron chi connectivity index (χ2n) is 7.11. The summed E-state index contributed by atoms with van der Waals surface area (Å²) in [6.07, 6.45) is 6.39. The number of aliphatic hydroxyl groups is 1. The first-order valence-electron chi connectivity index (χ1n) is 9.39. The van der Waals surface area contributed by atoms with E-state index in [9.17, 15) is 5.11 Å². The zero-order chi connectivity index (χ0) is 19.5. The molecule has 0 aliphatic heterocycles. The lowest BCUT2D eigenvalue weighted by Gasteiger charge is -2.18. The molecule has 2 aromatic heterocycles. The molecule has 4 rings (SSSR count). The highest BCUT2D eigenvalue weighted by Crippen LogP contribution is 2.30. The highest BCUT2D eigenvalue weighted by Gasteiger charge is 2.17. The van der Waals surface area contributed by atoms with Crippen molar-refractivity contribution in [2.45, 2.75) is 31.9 Å². The maximum atomic E-state index is 10.5. The summed E-state index contributed by atoms with van der Waals surface area (Å²) in [5.74, 6) is 0. The van der Waals surface area contributed by atoms with Gasteiger partial charge in [-0.05, 0) is 42.0 Å². The van der Waals surface area contributed by atoms with Crippen molar-refractivity contribution in [3.8, 4) is 10.4 Å². The van der Waals surface area contributed by atoms with Gasteiger partial charge in [-0.2, -0.15) is 0 Å². The Morgan fingerprint density at radius 1 is 1.04 bits per heavy atom. The van der Waals surface area contributed by atoms with Crippen LogP contribution in [-0.2, 0) is 6.42 Å². The van der Waals surface area contributed by atoms with E-state index in [1.165, 1.54) is 10.9 Å². The van der Waals surface area contributed by atoms with Gasteiger partial charge in [0.15, 0.2) is 0 Å². The molecule has 0 saturated heterocycles. The van der Waals surface area contributed by atoms with Crippen LogP contribution in [0.25, 0.3) is 21.2 Å². The molecule has 2 atom stereocenters. The van der Waals surface area contributed by atoms with Gasteiger partial charge in [0, 0.05) is 36.4 Å². The number of fused-ring (bicyclic) bond motifs is 1. The molecule has 3 N–H and O–H groups in total. The van der Waals surface area contributed by atoms with E-state index in [-0.39, 0.29) is 6.04 Å². The summed E-state index contributed by atoms with van der Waals surface area (Å²) in [5.41, 5.74) is 9.43. The first-order chi connectivity index (χ1) is 13.6. The van der Waals surface area contributed by atoms with Crippen LogP contribution in [0.1, 0.15) is 28.7 Å². The lowest BCUT2D eigenvalue weighted by molar-refractivity contribution is 0.142. The Hall–Kier alpha value is -2.60. The number of aryl methyl sites for hydroxylation is 2. The number of rotatable bonds is 6. The molecule has 0 saturated carbocycles. The maximum absolute atomic E-state index is 10.5. The normalized spacial score (nSPS) is 13.5. The number of nitrogens with two attached hydrogens (primary N) is 1. The van der Waals surface area contributed by atoms with Crippen molar-refractivity contribution in [1.82, 2.24) is 9.97 Å². The van der Waals surface area contributed by atoms with Gasteiger partial charge < -0.3 is 10.8 Å². The summed E-state index contributed by atoms with van der Waals surface area (Å²) in [4.78, 5) is 9.86. The van der Waals surface area contributed by atoms with Gasteiger partial charge in [-0.3, -0.25) is 4.98 Å². The Labute approximate surface area is 168 Å². The van der Waals surface area contributed by atoms with Crippen molar-refractivity contribution in [3.05, 3.63) is 83.3 Å². The summed E-state index contributed by atoms with van der Waals surface area (Å²) in [5, 5.41) is 13.8. The van der Waals surface area contributed by atoms with E-state index < -0.39 is 6.10 Å². The van der Waals surface area contributed by atoms with Crippen molar-refractivity contribution >= 4 is 22.1 Å². The minimum Gasteiger partial charge on any atom is -0.387 e. The fraction of sp³-hybridized carbons (Fsp3) is 0.217. The lowest BCUT2D eigenvalue weighted by atomic mass is 9.98. The first kappa shape index (κ1) is 18.7.